The lowest BCUT2D eigenvalue weighted by atomic mass is 10.1. The van der Waals surface area contributed by atoms with Crippen LogP contribution in [0, 0.1) is 5.92 Å². The Hall–Kier alpha value is -0.520. The maximum absolute atomic E-state index is 2.20. The summed E-state index contributed by atoms with van der Waals surface area (Å²) < 4.78 is 0. The van der Waals surface area contributed by atoms with E-state index in [9.17, 15) is 0 Å². The van der Waals surface area contributed by atoms with E-state index in [1.165, 1.54) is 5.57 Å². The molecule has 0 aliphatic rings. The van der Waals surface area contributed by atoms with E-state index in [0.717, 1.165) is 0 Å². The zero-order chi connectivity index (χ0) is 7.28. The van der Waals surface area contributed by atoms with Crippen molar-refractivity contribution in [3.05, 3.63) is 23.8 Å². The molecule has 0 heteroatoms. The molecule has 0 rings (SSSR count). The summed E-state index contributed by atoms with van der Waals surface area (Å²) in [6.07, 6.45) is 6.28. The molecule has 0 unspecified atom stereocenters. The van der Waals surface area contributed by atoms with Gasteiger partial charge in [-0.05, 0) is 19.8 Å². The van der Waals surface area contributed by atoms with E-state index in [-0.39, 0.29) is 0 Å². The van der Waals surface area contributed by atoms with Crippen LogP contribution in [0.25, 0.3) is 0 Å². The van der Waals surface area contributed by atoms with Gasteiger partial charge in [0.25, 0.3) is 0 Å². The molecule has 9 heavy (non-hydrogen) atoms. The molecule has 0 aliphatic heterocycles. The van der Waals surface area contributed by atoms with Crippen LogP contribution in [-0.4, -0.2) is 0 Å². The topological polar surface area (TPSA) is 0 Å². The molecule has 0 atom stereocenters. The van der Waals surface area contributed by atoms with Gasteiger partial charge in [0.1, 0.15) is 0 Å². The maximum atomic E-state index is 2.20. The standard InChI is InChI=1S/C9H16/c1-5-6-7-9(4)8(2)3/h5-8H,1-4H3/b6-5-,9-7-. The average Bonchev–Trinajstić information content (AvgIpc) is 1.82. The number of hydrogen-bond donors (Lipinski definition) is 0. The molecule has 0 saturated carbocycles. The van der Waals surface area contributed by atoms with Gasteiger partial charge < -0.3 is 0 Å². The smallest absolute Gasteiger partial charge is 0.0260 e. The van der Waals surface area contributed by atoms with Crippen LogP contribution in [-0.2, 0) is 0 Å². The lowest BCUT2D eigenvalue weighted by molar-refractivity contribution is 0.769. The van der Waals surface area contributed by atoms with Crippen LogP contribution in [0.5, 0.6) is 0 Å². The van der Waals surface area contributed by atoms with Crippen molar-refractivity contribution in [3.8, 4) is 0 Å². The highest BCUT2D eigenvalue weighted by Gasteiger charge is 1.91. The minimum absolute atomic E-state index is 0.682. The van der Waals surface area contributed by atoms with Gasteiger partial charge in [0.2, 0.25) is 0 Å². The van der Waals surface area contributed by atoms with Crippen molar-refractivity contribution in [3.63, 3.8) is 0 Å². The SMILES string of the molecule is C/C=C\C=C(\C)C(C)C. The van der Waals surface area contributed by atoms with Gasteiger partial charge >= 0.3 is 0 Å². The molecule has 0 aromatic carbocycles. The third kappa shape index (κ3) is 4.01. The van der Waals surface area contributed by atoms with Crippen molar-refractivity contribution in [2.24, 2.45) is 5.92 Å². The molecular formula is C9H16. The van der Waals surface area contributed by atoms with E-state index in [2.05, 4.69) is 32.9 Å². The fourth-order valence-corrected chi connectivity index (χ4v) is 0.440. The van der Waals surface area contributed by atoms with Crippen LogP contribution in [0.1, 0.15) is 27.7 Å². The lowest BCUT2D eigenvalue weighted by Crippen LogP contribution is -1.86. The van der Waals surface area contributed by atoms with Crippen LogP contribution < -0.4 is 0 Å². The van der Waals surface area contributed by atoms with E-state index < -0.39 is 0 Å². The zero-order valence-electron chi connectivity index (χ0n) is 6.81. The van der Waals surface area contributed by atoms with Gasteiger partial charge in [-0.1, -0.05) is 37.6 Å². The van der Waals surface area contributed by atoms with E-state index in [1.54, 1.807) is 0 Å². The molecule has 0 nitrogen and oxygen atoms in total. The maximum Gasteiger partial charge on any atom is -0.0260 e. The summed E-state index contributed by atoms with van der Waals surface area (Å²) in [5.74, 6) is 0.682. The van der Waals surface area contributed by atoms with E-state index in [4.69, 9.17) is 0 Å². The molecule has 0 bridgehead atoms. The molecule has 0 saturated heterocycles. The van der Waals surface area contributed by atoms with Crippen LogP contribution in [0.2, 0.25) is 0 Å². The minimum atomic E-state index is 0.682. The first-order valence-electron chi connectivity index (χ1n) is 3.48. The van der Waals surface area contributed by atoms with Crippen molar-refractivity contribution >= 4 is 0 Å². The Labute approximate surface area is 58.3 Å². The van der Waals surface area contributed by atoms with Crippen molar-refractivity contribution in [1.82, 2.24) is 0 Å². The van der Waals surface area contributed by atoms with Crippen LogP contribution in [0.15, 0.2) is 23.8 Å². The second-order valence-electron chi connectivity index (χ2n) is 2.59. The van der Waals surface area contributed by atoms with Crippen LogP contribution in [0.3, 0.4) is 0 Å². The Morgan fingerprint density at radius 1 is 1.33 bits per heavy atom. The summed E-state index contributed by atoms with van der Waals surface area (Å²) in [6.45, 7) is 8.60. The molecule has 0 heterocycles. The summed E-state index contributed by atoms with van der Waals surface area (Å²) >= 11 is 0. The summed E-state index contributed by atoms with van der Waals surface area (Å²) in [7, 11) is 0. The predicted molar refractivity (Wildman–Crippen MR) is 43.4 cm³/mol. The summed E-state index contributed by atoms with van der Waals surface area (Å²) in [5.41, 5.74) is 1.44. The van der Waals surface area contributed by atoms with Crippen LogP contribution >= 0.6 is 0 Å². The second kappa shape index (κ2) is 4.37. The van der Waals surface area contributed by atoms with Gasteiger partial charge in [-0.2, -0.15) is 0 Å². The van der Waals surface area contributed by atoms with E-state index in [0.29, 0.717) is 5.92 Å². The highest BCUT2D eigenvalue weighted by Crippen LogP contribution is 2.06. The minimum Gasteiger partial charge on any atom is -0.0877 e. The monoisotopic (exact) mass is 124 g/mol. The molecule has 0 fully saturated rings. The first-order valence-corrected chi connectivity index (χ1v) is 3.48. The van der Waals surface area contributed by atoms with Crippen molar-refractivity contribution < 1.29 is 0 Å². The molecule has 0 aromatic rings. The summed E-state index contributed by atoms with van der Waals surface area (Å²) in [4.78, 5) is 0. The third-order valence-corrected chi connectivity index (χ3v) is 1.46. The molecule has 0 amide bonds. The molecule has 0 aliphatic carbocycles. The Kier molecular flexibility index (Phi) is 4.12. The molecule has 0 aromatic heterocycles. The van der Waals surface area contributed by atoms with Crippen molar-refractivity contribution in [1.29, 1.82) is 0 Å². The Balaban J connectivity index is 3.84. The number of rotatable bonds is 2. The van der Waals surface area contributed by atoms with Gasteiger partial charge in [-0.15, -0.1) is 0 Å². The predicted octanol–water partition coefficient (Wildman–Crippen LogP) is 3.16. The Morgan fingerprint density at radius 2 is 1.89 bits per heavy atom. The fraction of sp³-hybridized carbons (Fsp3) is 0.556. The summed E-state index contributed by atoms with van der Waals surface area (Å²) in [5, 5.41) is 0. The highest BCUT2D eigenvalue weighted by molar-refractivity contribution is 5.11. The first kappa shape index (κ1) is 8.48. The molecule has 0 N–H and O–H groups in total. The van der Waals surface area contributed by atoms with Crippen molar-refractivity contribution in [2.45, 2.75) is 27.7 Å². The number of allylic oxidation sites excluding steroid dienone is 4. The lowest BCUT2D eigenvalue weighted by Gasteiger charge is -2.01. The molecule has 0 spiro atoms. The fourth-order valence-electron chi connectivity index (χ4n) is 0.440. The molecular weight excluding hydrogens is 108 g/mol. The third-order valence-electron chi connectivity index (χ3n) is 1.46. The molecule has 0 radical (unpaired) electrons. The van der Waals surface area contributed by atoms with Gasteiger partial charge in [0.05, 0.1) is 0 Å². The van der Waals surface area contributed by atoms with Gasteiger partial charge in [-0.3, -0.25) is 0 Å². The quantitative estimate of drug-likeness (QED) is 0.496. The van der Waals surface area contributed by atoms with Gasteiger partial charge in [-0.25, -0.2) is 0 Å². The largest absolute Gasteiger partial charge is 0.0877 e. The van der Waals surface area contributed by atoms with Gasteiger partial charge in [0, 0.05) is 0 Å². The molecule has 52 valence electrons. The Bertz CT molecular complexity index is 116. The van der Waals surface area contributed by atoms with Crippen molar-refractivity contribution in [2.75, 3.05) is 0 Å². The zero-order valence-corrected chi connectivity index (χ0v) is 6.81. The first-order chi connectivity index (χ1) is 4.18. The highest BCUT2D eigenvalue weighted by atomic mass is 14.0. The number of hydrogen-bond acceptors (Lipinski definition) is 0. The van der Waals surface area contributed by atoms with Crippen LogP contribution in [0.4, 0.5) is 0 Å². The van der Waals surface area contributed by atoms with E-state index in [1.807, 2.05) is 13.0 Å². The summed E-state index contributed by atoms with van der Waals surface area (Å²) in [6, 6.07) is 0. The average molecular weight is 124 g/mol. The Morgan fingerprint density at radius 3 is 2.22 bits per heavy atom. The normalized spacial score (nSPS) is 13.7. The van der Waals surface area contributed by atoms with E-state index >= 15 is 0 Å². The second-order valence-corrected chi connectivity index (χ2v) is 2.59. The van der Waals surface area contributed by atoms with Gasteiger partial charge in [0.15, 0.2) is 0 Å².